The maximum atomic E-state index is 13.2. The molecule has 1 saturated heterocycles. The van der Waals surface area contributed by atoms with Crippen molar-refractivity contribution in [1.82, 2.24) is 19.8 Å². The van der Waals surface area contributed by atoms with Crippen molar-refractivity contribution in [2.75, 3.05) is 30.9 Å². The van der Waals surface area contributed by atoms with Gasteiger partial charge in [-0.2, -0.15) is 0 Å². The summed E-state index contributed by atoms with van der Waals surface area (Å²) in [7, 11) is -4.20. The van der Waals surface area contributed by atoms with Gasteiger partial charge in [-0.25, -0.2) is 27.9 Å². The second-order valence-corrected chi connectivity index (χ2v) is 11.4. The fraction of sp³-hybridized carbons (Fsp3) is 0.308. The maximum Gasteiger partial charge on any atom is 0.407 e. The van der Waals surface area contributed by atoms with Gasteiger partial charge in [-0.3, -0.25) is 4.79 Å². The molecule has 2 heterocycles. The van der Waals surface area contributed by atoms with E-state index in [-0.39, 0.29) is 47.7 Å². The molecule has 1 aliphatic heterocycles. The molecule has 13 heteroatoms. The van der Waals surface area contributed by atoms with E-state index in [1.165, 1.54) is 29.2 Å². The SMILES string of the molecule is Cc1cccc(C)c1-c1cc(Cl)nc(NS(=O)(=O)c2cccc(C(=O)N3CCCN(C(=O)O)CC(O)C3)c2)n1. The summed E-state index contributed by atoms with van der Waals surface area (Å²) in [6.07, 6.45) is -1.84. The average molecular weight is 574 g/mol. The number of hydrogen-bond donors (Lipinski definition) is 3. The Bertz CT molecular complexity index is 1500. The molecule has 0 saturated carbocycles. The zero-order valence-electron chi connectivity index (χ0n) is 21.3. The number of β-amino-alcohol motifs (C(OH)–C–C–N with tert-alkyl or cyclic N) is 1. The lowest BCUT2D eigenvalue weighted by atomic mass is 10.00. The largest absolute Gasteiger partial charge is 0.465 e. The summed E-state index contributed by atoms with van der Waals surface area (Å²) in [5, 5.41) is 19.5. The normalized spacial score (nSPS) is 16.4. The molecule has 4 rings (SSSR count). The molecule has 0 spiro atoms. The van der Waals surface area contributed by atoms with Crippen LogP contribution >= 0.6 is 11.6 Å². The van der Waals surface area contributed by atoms with E-state index in [1.54, 1.807) is 6.07 Å². The molecule has 2 aromatic carbocycles. The molecule has 206 valence electrons. The number of aryl methyl sites for hydroxylation is 2. The fourth-order valence-electron chi connectivity index (χ4n) is 4.53. The van der Waals surface area contributed by atoms with Crippen molar-refractivity contribution >= 4 is 39.6 Å². The fourth-order valence-corrected chi connectivity index (χ4v) is 5.70. The Morgan fingerprint density at radius 2 is 1.64 bits per heavy atom. The van der Waals surface area contributed by atoms with Gasteiger partial charge < -0.3 is 20.0 Å². The van der Waals surface area contributed by atoms with Crippen LogP contribution in [0.25, 0.3) is 11.3 Å². The van der Waals surface area contributed by atoms with E-state index in [2.05, 4.69) is 14.7 Å². The van der Waals surface area contributed by atoms with Crippen LogP contribution in [-0.2, 0) is 10.0 Å². The summed E-state index contributed by atoms with van der Waals surface area (Å²) in [4.78, 5) is 35.2. The van der Waals surface area contributed by atoms with Gasteiger partial charge in [-0.05, 0) is 49.6 Å². The highest BCUT2D eigenvalue weighted by Crippen LogP contribution is 2.28. The average Bonchev–Trinajstić information content (AvgIpc) is 2.85. The van der Waals surface area contributed by atoms with Crippen LogP contribution in [0.4, 0.5) is 10.7 Å². The number of amides is 2. The minimum atomic E-state index is -4.20. The number of rotatable bonds is 5. The number of carboxylic acid groups (broad SMARTS) is 1. The summed E-state index contributed by atoms with van der Waals surface area (Å²) in [5.41, 5.74) is 3.26. The summed E-state index contributed by atoms with van der Waals surface area (Å²) >= 11 is 6.20. The van der Waals surface area contributed by atoms with Crippen molar-refractivity contribution in [3.8, 4) is 11.3 Å². The van der Waals surface area contributed by atoms with E-state index in [0.717, 1.165) is 21.6 Å². The molecule has 11 nitrogen and oxygen atoms in total. The van der Waals surface area contributed by atoms with Gasteiger partial charge in [-0.1, -0.05) is 35.9 Å². The minimum absolute atomic E-state index is 0.0568. The summed E-state index contributed by atoms with van der Waals surface area (Å²) < 4.78 is 28.8. The highest BCUT2D eigenvalue weighted by molar-refractivity contribution is 7.92. The van der Waals surface area contributed by atoms with Gasteiger partial charge in [0.25, 0.3) is 15.9 Å². The van der Waals surface area contributed by atoms with Gasteiger partial charge in [0.2, 0.25) is 5.95 Å². The Morgan fingerprint density at radius 3 is 2.33 bits per heavy atom. The number of aliphatic hydroxyl groups is 1. The Morgan fingerprint density at radius 1 is 1.00 bits per heavy atom. The van der Waals surface area contributed by atoms with Crippen molar-refractivity contribution in [2.24, 2.45) is 0 Å². The zero-order chi connectivity index (χ0) is 28.3. The molecule has 0 aliphatic carbocycles. The first-order valence-electron chi connectivity index (χ1n) is 12.1. The number of halogens is 1. The quantitative estimate of drug-likeness (QED) is 0.393. The van der Waals surface area contributed by atoms with Crippen molar-refractivity contribution in [2.45, 2.75) is 31.3 Å². The van der Waals surface area contributed by atoms with Gasteiger partial charge in [0.05, 0.1) is 23.2 Å². The van der Waals surface area contributed by atoms with Crippen LogP contribution in [0.2, 0.25) is 5.15 Å². The second-order valence-electron chi connectivity index (χ2n) is 9.29. The molecule has 1 unspecified atom stereocenters. The molecule has 1 fully saturated rings. The third-order valence-electron chi connectivity index (χ3n) is 6.33. The number of anilines is 1. The van der Waals surface area contributed by atoms with Crippen molar-refractivity contribution < 1.29 is 28.2 Å². The van der Waals surface area contributed by atoms with E-state index in [0.29, 0.717) is 12.1 Å². The van der Waals surface area contributed by atoms with Gasteiger partial charge in [0.1, 0.15) is 5.15 Å². The van der Waals surface area contributed by atoms with Crippen LogP contribution in [0.5, 0.6) is 0 Å². The lowest BCUT2D eigenvalue weighted by molar-refractivity contribution is 0.0426. The molecule has 1 aliphatic rings. The molecule has 0 bridgehead atoms. The number of hydrogen-bond acceptors (Lipinski definition) is 7. The molecule has 2 amide bonds. The molecule has 3 N–H and O–H groups in total. The van der Waals surface area contributed by atoms with Crippen molar-refractivity contribution in [1.29, 1.82) is 0 Å². The predicted octanol–water partition coefficient (Wildman–Crippen LogP) is 3.40. The summed E-state index contributed by atoms with van der Waals surface area (Å²) in [6, 6.07) is 12.8. The zero-order valence-corrected chi connectivity index (χ0v) is 22.9. The van der Waals surface area contributed by atoms with Gasteiger partial charge in [0.15, 0.2) is 0 Å². The first-order chi connectivity index (χ1) is 18.4. The number of aliphatic hydroxyl groups excluding tert-OH is 1. The summed E-state index contributed by atoms with van der Waals surface area (Å²) in [5.74, 6) is -0.696. The van der Waals surface area contributed by atoms with Crippen molar-refractivity contribution in [3.63, 3.8) is 0 Å². The molecule has 0 radical (unpaired) electrons. The van der Waals surface area contributed by atoms with Crippen LogP contribution in [0.1, 0.15) is 27.9 Å². The number of nitrogens with zero attached hydrogens (tertiary/aromatic N) is 4. The molecule has 3 aromatic rings. The van der Waals surface area contributed by atoms with E-state index in [4.69, 9.17) is 11.6 Å². The lowest BCUT2D eigenvalue weighted by Gasteiger charge is -2.32. The van der Waals surface area contributed by atoms with Gasteiger partial charge >= 0.3 is 6.09 Å². The molecular weight excluding hydrogens is 546 g/mol. The van der Waals surface area contributed by atoms with Gasteiger partial charge in [-0.15, -0.1) is 0 Å². The van der Waals surface area contributed by atoms with Crippen LogP contribution in [0, 0.1) is 13.8 Å². The molecular formula is C26H28ClN5O6S. The Balaban J connectivity index is 1.56. The maximum absolute atomic E-state index is 13.2. The van der Waals surface area contributed by atoms with E-state index < -0.39 is 28.1 Å². The molecule has 39 heavy (non-hydrogen) atoms. The smallest absolute Gasteiger partial charge is 0.407 e. The number of carbonyl (C=O) groups excluding carboxylic acids is 1. The van der Waals surface area contributed by atoms with Crippen molar-refractivity contribution in [3.05, 3.63) is 70.4 Å². The highest BCUT2D eigenvalue weighted by Gasteiger charge is 2.26. The predicted molar refractivity (Wildman–Crippen MR) is 145 cm³/mol. The van der Waals surface area contributed by atoms with Crippen LogP contribution < -0.4 is 4.72 Å². The highest BCUT2D eigenvalue weighted by atomic mass is 35.5. The van der Waals surface area contributed by atoms with E-state index in [9.17, 15) is 28.2 Å². The number of carbonyl (C=O) groups is 2. The third kappa shape index (κ3) is 6.64. The minimum Gasteiger partial charge on any atom is -0.465 e. The standard InChI is InChI=1S/C26H28ClN5O6S/c1-16-6-3-7-17(2)23(16)21-13-22(27)29-25(28-21)30-39(37,38)20-9-4-8-18(12-20)24(34)31-10-5-11-32(26(35)36)15-19(33)14-31/h3-4,6-9,12-13,19,33H,5,10-11,14-15H2,1-2H3,(H,35,36)(H,28,29,30). The monoisotopic (exact) mass is 573 g/mol. The number of aromatic nitrogens is 2. The van der Waals surface area contributed by atoms with E-state index in [1.807, 2.05) is 32.0 Å². The van der Waals surface area contributed by atoms with Gasteiger partial charge in [0, 0.05) is 36.8 Å². The Hall–Kier alpha value is -3.74. The number of benzene rings is 2. The first kappa shape index (κ1) is 28.3. The van der Waals surface area contributed by atoms with Crippen LogP contribution in [0.15, 0.2) is 53.4 Å². The van der Waals surface area contributed by atoms with Crippen LogP contribution in [0.3, 0.4) is 0 Å². The lowest BCUT2D eigenvalue weighted by Crippen LogP contribution is -2.48. The molecule has 1 aromatic heterocycles. The Labute approximate surface area is 231 Å². The first-order valence-corrected chi connectivity index (χ1v) is 14.0. The second kappa shape index (κ2) is 11.6. The third-order valence-corrected chi connectivity index (χ3v) is 7.84. The van der Waals surface area contributed by atoms with Crippen LogP contribution in [-0.4, -0.2) is 82.7 Å². The number of sulfonamides is 1. The summed E-state index contributed by atoms with van der Waals surface area (Å²) in [6.45, 7) is 3.98. The number of nitrogens with one attached hydrogen (secondary N) is 1. The Kier molecular flexibility index (Phi) is 8.38. The topological polar surface area (TPSA) is 153 Å². The van der Waals surface area contributed by atoms with E-state index >= 15 is 0 Å². The molecule has 1 atom stereocenters.